The van der Waals surface area contributed by atoms with E-state index in [9.17, 15) is 14.4 Å². The molecule has 33 heavy (non-hydrogen) atoms. The molecular formula is C24H37N5O4. The highest BCUT2D eigenvalue weighted by Crippen LogP contribution is 2.28. The number of rotatable bonds is 15. The Morgan fingerprint density at radius 2 is 1.85 bits per heavy atom. The van der Waals surface area contributed by atoms with E-state index in [0.29, 0.717) is 38.9 Å². The Kier molecular flexibility index (Phi) is 11.2. The van der Waals surface area contributed by atoms with Gasteiger partial charge in [-0.15, -0.1) is 0 Å². The Balaban J connectivity index is 1.81. The molecule has 1 saturated heterocycles. The van der Waals surface area contributed by atoms with Gasteiger partial charge in [0.2, 0.25) is 11.8 Å². The molecule has 1 fully saturated rings. The largest absolute Gasteiger partial charge is 0.481 e. The number of nitrogens with one attached hydrogen (secondary N) is 1. The van der Waals surface area contributed by atoms with Crippen LogP contribution in [0.5, 0.6) is 0 Å². The van der Waals surface area contributed by atoms with Crippen LogP contribution in [0.4, 0.5) is 0 Å². The molecule has 182 valence electrons. The molecule has 2 amide bonds. The molecule has 1 aromatic rings. The summed E-state index contributed by atoms with van der Waals surface area (Å²) < 4.78 is 0. The van der Waals surface area contributed by atoms with Crippen LogP contribution < -0.4 is 16.8 Å². The highest BCUT2D eigenvalue weighted by molar-refractivity contribution is 5.82. The highest BCUT2D eigenvalue weighted by Gasteiger charge is 2.38. The van der Waals surface area contributed by atoms with Crippen molar-refractivity contribution in [2.45, 2.75) is 63.8 Å². The van der Waals surface area contributed by atoms with Gasteiger partial charge in [-0.05, 0) is 44.1 Å². The Morgan fingerprint density at radius 3 is 2.55 bits per heavy atom. The summed E-state index contributed by atoms with van der Waals surface area (Å²) in [6.45, 7) is 1.56. The first-order valence-electron chi connectivity index (χ1n) is 11.7. The normalized spacial score (nSPS) is 17.7. The van der Waals surface area contributed by atoms with Gasteiger partial charge in [-0.25, -0.2) is 0 Å². The number of benzene rings is 1. The molecule has 2 atom stereocenters. The quantitative estimate of drug-likeness (QED) is 0.178. The molecule has 1 aliphatic rings. The molecule has 0 aromatic heterocycles. The number of unbranched alkanes of at least 4 members (excludes halogenated alkanes) is 2. The minimum absolute atomic E-state index is 0.00305. The third-order valence-corrected chi connectivity index (χ3v) is 5.93. The lowest BCUT2D eigenvalue weighted by molar-refractivity contribution is -0.138. The first kappa shape index (κ1) is 26.2. The molecule has 2 rings (SSSR count). The van der Waals surface area contributed by atoms with E-state index in [4.69, 9.17) is 16.6 Å². The summed E-state index contributed by atoms with van der Waals surface area (Å²) in [5.74, 6) is -1.15. The average Bonchev–Trinajstić information content (AvgIpc) is 3.08. The molecule has 0 radical (unpaired) electrons. The zero-order chi connectivity index (χ0) is 24.1. The second kappa shape index (κ2) is 14.1. The predicted molar refractivity (Wildman–Crippen MR) is 127 cm³/mol. The van der Waals surface area contributed by atoms with Gasteiger partial charge in [0, 0.05) is 44.4 Å². The molecule has 1 aliphatic heterocycles. The van der Waals surface area contributed by atoms with Crippen LogP contribution in [0.3, 0.4) is 0 Å². The summed E-state index contributed by atoms with van der Waals surface area (Å²) in [5.41, 5.74) is 11.8. The summed E-state index contributed by atoms with van der Waals surface area (Å²) in [6, 6.07) is 10.0. The first-order valence-corrected chi connectivity index (χ1v) is 11.7. The van der Waals surface area contributed by atoms with Crippen molar-refractivity contribution in [2.75, 3.05) is 19.6 Å². The molecule has 9 heteroatoms. The van der Waals surface area contributed by atoms with Crippen LogP contribution in [0.15, 0.2) is 35.3 Å². The van der Waals surface area contributed by atoms with Gasteiger partial charge < -0.3 is 26.8 Å². The lowest BCUT2D eigenvalue weighted by atomic mass is 9.99. The second-order valence-electron chi connectivity index (χ2n) is 8.56. The summed E-state index contributed by atoms with van der Waals surface area (Å²) in [5, 5.41) is 12.0. The van der Waals surface area contributed by atoms with E-state index in [0.717, 1.165) is 32.1 Å². The lowest BCUT2D eigenvalue weighted by Crippen LogP contribution is -2.42. The Morgan fingerprint density at radius 1 is 1.09 bits per heavy atom. The number of nitrogens with two attached hydrogens (primary N) is 2. The van der Waals surface area contributed by atoms with Crippen molar-refractivity contribution in [3.63, 3.8) is 0 Å². The Labute approximate surface area is 195 Å². The summed E-state index contributed by atoms with van der Waals surface area (Å²) in [6.07, 6.45) is 5.42. The van der Waals surface area contributed by atoms with Crippen LogP contribution in [0.2, 0.25) is 0 Å². The maximum Gasteiger partial charge on any atom is 0.303 e. The predicted octanol–water partition coefficient (Wildman–Crippen LogP) is 1.65. The Hall–Kier alpha value is -3.10. The van der Waals surface area contributed by atoms with Crippen LogP contribution >= 0.6 is 0 Å². The van der Waals surface area contributed by atoms with Gasteiger partial charge in [0.15, 0.2) is 5.96 Å². The van der Waals surface area contributed by atoms with Gasteiger partial charge in [0.1, 0.15) is 0 Å². The topological polar surface area (TPSA) is 151 Å². The van der Waals surface area contributed by atoms with E-state index >= 15 is 0 Å². The van der Waals surface area contributed by atoms with Crippen LogP contribution in [0.25, 0.3) is 0 Å². The number of amides is 2. The number of carboxylic acids is 1. The number of nitrogens with zero attached hydrogens (tertiary/aromatic N) is 2. The standard InChI is InChI=1S/C24H37N5O4/c25-24(26)27-14-6-2-5-11-21(30)28-17-20-16-19(12-13-22(31)32)23(33)29(20)15-7-10-18-8-3-1-4-9-18/h1,3-4,8-9,19-20H,2,5-7,10-17H2,(H,28,30)(H,31,32)(H4,25,26,27)/t19-,20+/m1/s1. The number of aliphatic carboxylic acids is 1. The summed E-state index contributed by atoms with van der Waals surface area (Å²) in [4.78, 5) is 41.9. The number of carboxylic acid groups (broad SMARTS) is 1. The minimum Gasteiger partial charge on any atom is -0.481 e. The molecule has 0 saturated carbocycles. The maximum absolute atomic E-state index is 12.9. The molecule has 0 unspecified atom stereocenters. The van der Waals surface area contributed by atoms with E-state index in [2.05, 4.69) is 22.4 Å². The zero-order valence-corrected chi connectivity index (χ0v) is 19.2. The molecule has 9 nitrogen and oxygen atoms in total. The van der Waals surface area contributed by atoms with Gasteiger partial charge in [0.05, 0.1) is 0 Å². The van der Waals surface area contributed by atoms with Gasteiger partial charge >= 0.3 is 5.97 Å². The van der Waals surface area contributed by atoms with Gasteiger partial charge in [0.25, 0.3) is 0 Å². The smallest absolute Gasteiger partial charge is 0.303 e. The fourth-order valence-electron chi connectivity index (χ4n) is 4.20. The van der Waals surface area contributed by atoms with Crippen LogP contribution in [0.1, 0.15) is 56.9 Å². The van der Waals surface area contributed by atoms with Crippen molar-refractivity contribution in [3.05, 3.63) is 35.9 Å². The van der Waals surface area contributed by atoms with E-state index in [-0.39, 0.29) is 36.2 Å². The van der Waals surface area contributed by atoms with Crippen molar-refractivity contribution in [3.8, 4) is 0 Å². The third-order valence-electron chi connectivity index (χ3n) is 5.93. The fourth-order valence-corrected chi connectivity index (χ4v) is 4.20. The van der Waals surface area contributed by atoms with Crippen molar-refractivity contribution in [2.24, 2.45) is 22.4 Å². The van der Waals surface area contributed by atoms with Crippen molar-refractivity contribution < 1.29 is 19.5 Å². The van der Waals surface area contributed by atoms with E-state index < -0.39 is 5.97 Å². The number of guanidine groups is 1. The maximum atomic E-state index is 12.9. The van der Waals surface area contributed by atoms with Crippen molar-refractivity contribution in [1.82, 2.24) is 10.2 Å². The highest BCUT2D eigenvalue weighted by atomic mass is 16.4. The van der Waals surface area contributed by atoms with Gasteiger partial charge in [-0.1, -0.05) is 36.8 Å². The summed E-state index contributed by atoms with van der Waals surface area (Å²) >= 11 is 0. The van der Waals surface area contributed by atoms with Crippen molar-refractivity contribution in [1.29, 1.82) is 0 Å². The van der Waals surface area contributed by atoms with Gasteiger partial charge in [-0.2, -0.15) is 0 Å². The SMILES string of the molecule is NC(N)=NCCCCCC(=O)NC[C@@H]1C[C@@H](CCC(=O)O)C(=O)N1CCCc1ccccc1. The molecule has 0 bridgehead atoms. The fraction of sp³-hybridized carbons (Fsp3) is 0.583. The molecule has 1 aromatic carbocycles. The summed E-state index contributed by atoms with van der Waals surface area (Å²) in [7, 11) is 0. The minimum atomic E-state index is -0.893. The average molecular weight is 460 g/mol. The van der Waals surface area contributed by atoms with Gasteiger partial charge in [-0.3, -0.25) is 19.4 Å². The number of likely N-dealkylation sites (tertiary alicyclic amines) is 1. The number of aliphatic imine (C=N–C) groups is 1. The van der Waals surface area contributed by atoms with Crippen LogP contribution in [0, 0.1) is 5.92 Å². The number of hydrogen-bond donors (Lipinski definition) is 4. The molecule has 0 spiro atoms. The third kappa shape index (κ3) is 9.93. The lowest BCUT2D eigenvalue weighted by Gasteiger charge is -2.25. The molecule has 1 heterocycles. The van der Waals surface area contributed by atoms with E-state index in [1.54, 1.807) is 0 Å². The number of hydrogen-bond acceptors (Lipinski definition) is 4. The molecule has 0 aliphatic carbocycles. The zero-order valence-electron chi connectivity index (χ0n) is 19.2. The van der Waals surface area contributed by atoms with Crippen LogP contribution in [-0.2, 0) is 20.8 Å². The van der Waals surface area contributed by atoms with E-state index in [1.807, 2.05) is 23.1 Å². The second-order valence-corrected chi connectivity index (χ2v) is 8.56. The first-order chi connectivity index (χ1) is 15.9. The number of carbonyl (C=O) groups excluding carboxylic acids is 2. The molecule has 6 N–H and O–H groups in total. The number of carbonyl (C=O) groups is 3. The van der Waals surface area contributed by atoms with E-state index in [1.165, 1.54) is 5.56 Å². The Bertz CT molecular complexity index is 795. The number of aryl methyl sites for hydroxylation is 1. The van der Waals surface area contributed by atoms with Crippen molar-refractivity contribution >= 4 is 23.7 Å². The van der Waals surface area contributed by atoms with Crippen LogP contribution in [-0.4, -0.2) is 59.4 Å². The monoisotopic (exact) mass is 459 g/mol. The molecular weight excluding hydrogens is 422 g/mol.